The Balaban J connectivity index is 2.42. The van der Waals surface area contributed by atoms with Gasteiger partial charge >= 0.3 is 5.97 Å². The number of carbonyl (C=O) groups is 1. The van der Waals surface area contributed by atoms with Crippen molar-refractivity contribution in [3.8, 4) is 0 Å². The van der Waals surface area contributed by atoms with Gasteiger partial charge in [0.15, 0.2) is 0 Å². The van der Waals surface area contributed by atoms with Gasteiger partial charge in [0.2, 0.25) is 0 Å². The molecule has 1 unspecified atom stereocenters. The van der Waals surface area contributed by atoms with Crippen LogP contribution in [0.1, 0.15) is 66.7 Å². The normalized spacial score (nSPS) is 20.3. The maximum absolute atomic E-state index is 12.5. The van der Waals surface area contributed by atoms with Gasteiger partial charge in [-0.25, -0.2) is 0 Å². The van der Waals surface area contributed by atoms with Gasteiger partial charge in [-0.2, -0.15) is 0 Å². The van der Waals surface area contributed by atoms with E-state index in [1.807, 2.05) is 0 Å². The summed E-state index contributed by atoms with van der Waals surface area (Å²) in [6, 6.07) is 0. The molecule has 0 aromatic rings. The minimum absolute atomic E-state index is 0.0129. The van der Waals surface area contributed by atoms with Crippen molar-refractivity contribution < 1.29 is 9.53 Å². The monoisotopic (exact) mass is 297 g/mol. The zero-order chi connectivity index (χ0) is 15.9. The van der Waals surface area contributed by atoms with Crippen LogP contribution in [0.2, 0.25) is 0 Å². The second-order valence-electron chi connectivity index (χ2n) is 7.56. The van der Waals surface area contributed by atoms with Gasteiger partial charge in [0.1, 0.15) is 6.61 Å². The van der Waals surface area contributed by atoms with Crippen LogP contribution >= 0.6 is 0 Å². The van der Waals surface area contributed by atoms with E-state index in [4.69, 9.17) is 4.74 Å². The predicted octanol–water partition coefficient (Wildman–Crippen LogP) is 4.11. The van der Waals surface area contributed by atoms with Gasteiger partial charge in [0.05, 0.1) is 5.41 Å². The third-order valence-corrected chi connectivity index (χ3v) is 4.91. The number of rotatable bonds is 7. The molecule has 1 fully saturated rings. The van der Waals surface area contributed by atoms with E-state index < -0.39 is 0 Å². The summed E-state index contributed by atoms with van der Waals surface area (Å²) in [5.41, 5.74) is -0.354. The first-order valence-corrected chi connectivity index (χ1v) is 8.76. The molecular weight excluding hydrogens is 262 g/mol. The van der Waals surface area contributed by atoms with E-state index in [0.717, 1.165) is 26.1 Å². The molecule has 1 saturated heterocycles. The zero-order valence-electron chi connectivity index (χ0n) is 14.8. The van der Waals surface area contributed by atoms with Crippen molar-refractivity contribution >= 4 is 5.97 Å². The van der Waals surface area contributed by atoms with E-state index in [9.17, 15) is 4.79 Å². The molecule has 1 aliphatic heterocycles. The minimum Gasteiger partial charge on any atom is -0.464 e. The van der Waals surface area contributed by atoms with Gasteiger partial charge in [0, 0.05) is 6.54 Å². The number of ether oxygens (including phenoxy) is 1. The highest BCUT2D eigenvalue weighted by Gasteiger charge is 2.38. The molecule has 0 aliphatic carbocycles. The lowest BCUT2D eigenvalue weighted by molar-refractivity contribution is -0.159. The molecule has 0 saturated carbocycles. The molecule has 0 aromatic heterocycles. The van der Waals surface area contributed by atoms with Crippen LogP contribution < -0.4 is 0 Å². The van der Waals surface area contributed by atoms with Crippen LogP contribution in [-0.4, -0.2) is 37.1 Å². The lowest BCUT2D eigenvalue weighted by Gasteiger charge is -2.33. The summed E-state index contributed by atoms with van der Waals surface area (Å²) in [4.78, 5) is 15.0. The van der Waals surface area contributed by atoms with E-state index in [-0.39, 0.29) is 11.4 Å². The van der Waals surface area contributed by atoms with Crippen molar-refractivity contribution in [2.75, 3.05) is 26.2 Å². The number of likely N-dealkylation sites (tertiary alicyclic amines) is 1. The molecule has 0 amide bonds. The quantitative estimate of drug-likeness (QED) is 0.662. The molecule has 0 spiro atoms. The second kappa shape index (κ2) is 8.77. The molecule has 21 heavy (non-hydrogen) atoms. The Kier molecular flexibility index (Phi) is 7.72. The summed E-state index contributed by atoms with van der Waals surface area (Å²) >= 11 is 0. The summed E-state index contributed by atoms with van der Waals surface area (Å²) in [5.74, 6) is 0.808. The number of esters is 1. The highest BCUT2D eigenvalue weighted by atomic mass is 16.5. The molecule has 1 heterocycles. The standard InChI is InChI=1S/C18H35NO2/c1-15(2)14-18(5,16(3)4)17(20)21-13-12-19-10-8-6-7-9-11-19/h15-16H,6-14H2,1-5H3. The Morgan fingerprint density at radius 1 is 1.10 bits per heavy atom. The third-order valence-electron chi connectivity index (χ3n) is 4.91. The second-order valence-corrected chi connectivity index (χ2v) is 7.56. The van der Waals surface area contributed by atoms with Crippen molar-refractivity contribution in [2.45, 2.75) is 66.7 Å². The molecule has 1 aliphatic rings. The third kappa shape index (κ3) is 5.98. The van der Waals surface area contributed by atoms with Gasteiger partial charge in [0.25, 0.3) is 0 Å². The van der Waals surface area contributed by atoms with Gasteiger partial charge in [-0.3, -0.25) is 9.69 Å². The Morgan fingerprint density at radius 3 is 2.14 bits per heavy atom. The highest BCUT2D eigenvalue weighted by Crippen LogP contribution is 2.35. The van der Waals surface area contributed by atoms with E-state index >= 15 is 0 Å². The van der Waals surface area contributed by atoms with Crippen LogP contribution in [0, 0.1) is 17.3 Å². The van der Waals surface area contributed by atoms with Crippen LogP contribution in [-0.2, 0) is 9.53 Å². The first kappa shape index (κ1) is 18.5. The average molecular weight is 297 g/mol. The van der Waals surface area contributed by atoms with E-state index in [2.05, 4.69) is 39.5 Å². The van der Waals surface area contributed by atoms with Crippen molar-refractivity contribution in [1.29, 1.82) is 0 Å². The molecular formula is C18H35NO2. The van der Waals surface area contributed by atoms with Crippen molar-refractivity contribution in [3.63, 3.8) is 0 Å². The molecule has 0 N–H and O–H groups in total. The molecule has 0 radical (unpaired) electrons. The zero-order valence-corrected chi connectivity index (χ0v) is 14.8. The topological polar surface area (TPSA) is 29.5 Å². The van der Waals surface area contributed by atoms with Crippen molar-refractivity contribution in [1.82, 2.24) is 4.90 Å². The molecule has 0 bridgehead atoms. The molecule has 0 aromatic carbocycles. The summed E-state index contributed by atoms with van der Waals surface area (Å²) < 4.78 is 5.63. The SMILES string of the molecule is CC(C)CC(C)(C(=O)OCCN1CCCCCC1)C(C)C. The van der Waals surface area contributed by atoms with Crippen LogP contribution in [0.25, 0.3) is 0 Å². The predicted molar refractivity (Wildman–Crippen MR) is 88.3 cm³/mol. The lowest BCUT2D eigenvalue weighted by atomic mass is 9.73. The Bertz CT molecular complexity index is 306. The number of hydrogen-bond donors (Lipinski definition) is 0. The van der Waals surface area contributed by atoms with Crippen molar-refractivity contribution in [3.05, 3.63) is 0 Å². The van der Waals surface area contributed by atoms with Crippen LogP contribution in [0.4, 0.5) is 0 Å². The summed E-state index contributed by atoms with van der Waals surface area (Å²) in [7, 11) is 0. The summed E-state index contributed by atoms with van der Waals surface area (Å²) in [6.45, 7) is 14.4. The summed E-state index contributed by atoms with van der Waals surface area (Å²) in [6.07, 6.45) is 6.15. The largest absolute Gasteiger partial charge is 0.464 e. The smallest absolute Gasteiger partial charge is 0.312 e. The van der Waals surface area contributed by atoms with Crippen molar-refractivity contribution in [2.24, 2.45) is 17.3 Å². The number of carbonyl (C=O) groups excluding carboxylic acids is 1. The minimum atomic E-state index is -0.354. The Morgan fingerprint density at radius 2 is 1.67 bits per heavy atom. The van der Waals surface area contributed by atoms with Gasteiger partial charge in [-0.1, -0.05) is 40.5 Å². The van der Waals surface area contributed by atoms with Gasteiger partial charge in [-0.05, 0) is 51.1 Å². The first-order valence-electron chi connectivity index (χ1n) is 8.76. The van der Waals surface area contributed by atoms with E-state index in [1.165, 1.54) is 25.7 Å². The lowest BCUT2D eigenvalue weighted by Crippen LogP contribution is -2.38. The van der Waals surface area contributed by atoms with Gasteiger partial charge in [-0.15, -0.1) is 0 Å². The fourth-order valence-corrected chi connectivity index (χ4v) is 3.19. The van der Waals surface area contributed by atoms with Crippen LogP contribution in [0.5, 0.6) is 0 Å². The summed E-state index contributed by atoms with van der Waals surface area (Å²) in [5, 5.41) is 0. The molecule has 1 rings (SSSR count). The number of nitrogens with zero attached hydrogens (tertiary/aromatic N) is 1. The van der Waals surface area contributed by atoms with Gasteiger partial charge < -0.3 is 4.74 Å². The first-order chi connectivity index (χ1) is 9.86. The molecule has 3 heteroatoms. The Labute approximate surface area is 131 Å². The van der Waals surface area contributed by atoms with E-state index in [1.54, 1.807) is 0 Å². The van der Waals surface area contributed by atoms with E-state index in [0.29, 0.717) is 18.4 Å². The van der Waals surface area contributed by atoms with Crippen LogP contribution in [0.3, 0.4) is 0 Å². The Hall–Kier alpha value is -0.570. The highest BCUT2D eigenvalue weighted by molar-refractivity contribution is 5.76. The maximum atomic E-state index is 12.5. The fraction of sp³-hybridized carbons (Fsp3) is 0.944. The molecule has 1 atom stereocenters. The average Bonchev–Trinajstić information content (AvgIpc) is 2.66. The molecule has 3 nitrogen and oxygen atoms in total. The maximum Gasteiger partial charge on any atom is 0.312 e. The van der Waals surface area contributed by atoms with Crippen LogP contribution in [0.15, 0.2) is 0 Å². The molecule has 124 valence electrons. The fourth-order valence-electron chi connectivity index (χ4n) is 3.19. The number of hydrogen-bond acceptors (Lipinski definition) is 3.